The summed E-state index contributed by atoms with van der Waals surface area (Å²) in [6.07, 6.45) is 5.56. The van der Waals surface area contributed by atoms with E-state index in [1.807, 2.05) is 28.9 Å². The van der Waals surface area contributed by atoms with Gasteiger partial charge in [-0.1, -0.05) is 30.3 Å². The van der Waals surface area contributed by atoms with E-state index in [2.05, 4.69) is 34.1 Å². The molecule has 0 bridgehead atoms. The van der Waals surface area contributed by atoms with Crippen molar-refractivity contribution >= 4 is 12.0 Å². The Morgan fingerprint density at radius 2 is 1.74 bits per heavy atom. The van der Waals surface area contributed by atoms with E-state index in [9.17, 15) is 9.59 Å². The van der Waals surface area contributed by atoms with Crippen molar-refractivity contribution in [2.75, 3.05) is 39.3 Å². The summed E-state index contributed by atoms with van der Waals surface area (Å²) >= 11 is 0. The fourth-order valence-electron chi connectivity index (χ4n) is 6.06. The van der Waals surface area contributed by atoms with Gasteiger partial charge in [-0.15, -0.1) is 0 Å². The molecule has 1 aromatic carbocycles. The molecule has 4 heterocycles. The van der Waals surface area contributed by atoms with Crippen LogP contribution in [0.5, 0.6) is 0 Å². The molecule has 1 aromatic heterocycles. The molecule has 3 aliphatic rings. The van der Waals surface area contributed by atoms with Crippen molar-refractivity contribution in [2.45, 2.75) is 50.6 Å². The quantitative estimate of drug-likeness (QED) is 0.696. The summed E-state index contributed by atoms with van der Waals surface area (Å²) in [5.74, 6) is 0.0169. The fourth-order valence-corrected chi connectivity index (χ4v) is 6.06. The Labute approximate surface area is 201 Å². The maximum Gasteiger partial charge on any atom is 0.409 e. The minimum Gasteiger partial charge on any atom is -0.450 e. The lowest BCUT2D eigenvalue weighted by atomic mass is 9.68. The molecule has 3 aliphatic heterocycles. The first-order chi connectivity index (χ1) is 16.6. The summed E-state index contributed by atoms with van der Waals surface area (Å²) in [6.45, 7) is 7.23. The van der Waals surface area contributed by atoms with Gasteiger partial charge < -0.3 is 19.4 Å². The standard InChI is InChI=1S/C27H34N4O3/c1-2-34-26(33)30-15-10-22(11-16-30)29-17-12-27(13-18-29)20-31(19-21-7-3-4-8-23(21)27)25(32)24-9-5-6-14-28-24/h3-9,14,22H,2,10-13,15-20H2,1H3. The monoisotopic (exact) mass is 462 g/mol. The number of hydrogen-bond donors (Lipinski definition) is 0. The summed E-state index contributed by atoms with van der Waals surface area (Å²) < 4.78 is 5.17. The van der Waals surface area contributed by atoms with E-state index in [0.29, 0.717) is 24.9 Å². The summed E-state index contributed by atoms with van der Waals surface area (Å²) in [6, 6.07) is 14.7. The molecule has 0 aliphatic carbocycles. The molecule has 0 unspecified atom stereocenters. The molecule has 7 heteroatoms. The van der Waals surface area contributed by atoms with Gasteiger partial charge in [-0.25, -0.2) is 4.79 Å². The van der Waals surface area contributed by atoms with E-state index < -0.39 is 0 Å². The lowest BCUT2D eigenvalue weighted by Crippen LogP contribution is -2.56. The van der Waals surface area contributed by atoms with Crippen molar-refractivity contribution in [1.29, 1.82) is 0 Å². The molecular weight excluding hydrogens is 428 g/mol. The number of fused-ring (bicyclic) bond motifs is 2. The van der Waals surface area contributed by atoms with E-state index >= 15 is 0 Å². The number of benzene rings is 1. The van der Waals surface area contributed by atoms with Crippen LogP contribution in [0.4, 0.5) is 4.79 Å². The lowest BCUT2D eigenvalue weighted by molar-refractivity contribution is 0.0382. The van der Waals surface area contributed by atoms with Gasteiger partial charge in [-0.2, -0.15) is 0 Å². The number of pyridine rings is 1. The van der Waals surface area contributed by atoms with E-state index in [-0.39, 0.29) is 17.4 Å². The molecule has 0 saturated carbocycles. The third-order valence-corrected chi connectivity index (χ3v) is 7.88. The van der Waals surface area contributed by atoms with Crippen molar-refractivity contribution in [3.05, 3.63) is 65.5 Å². The molecule has 2 fully saturated rings. The molecule has 5 rings (SSSR count). The Bertz CT molecular complexity index is 1010. The van der Waals surface area contributed by atoms with Crippen LogP contribution in [0.25, 0.3) is 0 Å². The van der Waals surface area contributed by atoms with E-state index in [1.54, 1.807) is 12.3 Å². The van der Waals surface area contributed by atoms with Crippen molar-refractivity contribution < 1.29 is 14.3 Å². The van der Waals surface area contributed by atoms with Crippen LogP contribution in [0.15, 0.2) is 48.7 Å². The second-order valence-electron chi connectivity index (χ2n) is 9.77. The van der Waals surface area contributed by atoms with Crippen LogP contribution in [0.3, 0.4) is 0 Å². The largest absolute Gasteiger partial charge is 0.450 e. The Hall–Kier alpha value is -2.93. The Kier molecular flexibility index (Phi) is 6.55. The lowest BCUT2D eigenvalue weighted by Gasteiger charge is -2.50. The minimum atomic E-state index is -0.185. The van der Waals surface area contributed by atoms with Crippen LogP contribution >= 0.6 is 0 Å². The van der Waals surface area contributed by atoms with Gasteiger partial charge in [0.05, 0.1) is 6.61 Å². The van der Waals surface area contributed by atoms with Crippen molar-refractivity contribution in [1.82, 2.24) is 19.7 Å². The summed E-state index contributed by atoms with van der Waals surface area (Å²) in [5, 5.41) is 0. The predicted molar refractivity (Wildman–Crippen MR) is 130 cm³/mol. The fraction of sp³-hybridized carbons (Fsp3) is 0.519. The predicted octanol–water partition coefficient (Wildman–Crippen LogP) is 3.69. The molecule has 2 saturated heterocycles. The van der Waals surface area contributed by atoms with Gasteiger partial charge in [0.15, 0.2) is 0 Å². The van der Waals surface area contributed by atoms with Gasteiger partial charge in [0.25, 0.3) is 5.91 Å². The first-order valence-corrected chi connectivity index (χ1v) is 12.5. The van der Waals surface area contributed by atoms with Gasteiger partial charge in [0.2, 0.25) is 0 Å². The van der Waals surface area contributed by atoms with Gasteiger partial charge in [-0.05, 0) is 69.0 Å². The summed E-state index contributed by atoms with van der Waals surface area (Å²) in [5.41, 5.74) is 3.18. The highest BCUT2D eigenvalue weighted by Crippen LogP contribution is 2.42. The molecule has 2 aromatic rings. The van der Waals surface area contributed by atoms with E-state index in [1.165, 1.54) is 11.1 Å². The van der Waals surface area contributed by atoms with Gasteiger partial charge >= 0.3 is 6.09 Å². The molecule has 34 heavy (non-hydrogen) atoms. The van der Waals surface area contributed by atoms with Gasteiger partial charge in [-0.3, -0.25) is 9.78 Å². The summed E-state index contributed by atoms with van der Waals surface area (Å²) in [7, 11) is 0. The minimum absolute atomic E-state index is 0.0125. The van der Waals surface area contributed by atoms with Gasteiger partial charge in [0.1, 0.15) is 5.69 Å². The number of rotatable bonds is 3. The number of hydrogen-bond acceptors (Lipinski definition) is 5. The van der Waals surface area contributed by atoms with Crippen LogP contribution in [-0.4, -0.2) is 77.1 Å². The van der Waals surface area contributed by atoms with Crippen LogP contribution in [0, 0.1) is 0 Å². The average Bonchev–Trinajstić information content (AvgIpc) is 2.89. The third-order valence-electron chi connectivity index (χ3n) is 7.88. The molecule has 180 valence electrons. The highest BCUT2D eigenvalue weighted by Gasteiger charge is 2.44. The number of aromatic nitrogens is 1. The normalized spacial score (nSPS) is 20.7. The van der Waals surface area contributed by atoms with E-state index in [4.69, 9.17) is 4.74 Å². The number of likely N-dealkylation sites (tertiary alicyclic amines) is 2. The molecule has 2 amide bonds. The second-order valence-corrected chi connectivity index (χ2v) is 9.77. The van der Waals surface area contributed by atoms with Gasteiger partial charge in [0, 0.05) is 43.8 Å². The van der Waals surface area contributed by atoms with Crippen molar-refractivity contribution in [3.63, 3.8) is 0 Å². The Morgan fingerprint density at radius 3 is 2.44 bits per heavy atom. The number of amides is 2. The first kappa shape index (κ1) is 22.8. The first-order valence-electron chi connectivity index (χ1n) is 12.5. The number of carbonyl (C=O) groups excluding carboxylic acids is 2. The van der Waals surface area contributed by atoms with Crippen LogP contribution < -0.4 is 0 Å². The zero-order valence-corrected chi connectivity index (χ0v) is 20.0. The molecule has 7 nitrogen and oxygen atoms in total. The smallest absolute Gasteiger partial charge is 0.409 e. The molecule has 0 radical (unpaired) electrons. The third kappa shape index (κ3) is 4.41. The van der Waals surface area contributed by atoms with Crippen LogP contribution in [0.1, 0.15) is 54.2 Å². The average molecular weight is 463 g/mol. The van der Waals surface area contributed by atoms with Crippen molar-refractivity contribution in [3.8, 4) is 0 Å². The highest BCUT2D eigenvalue weighted by atomic mass is 16.6. The van der Waals surface area contributed by atoms with Crippen LogP contribution in [0.2, 0.25) is 0 Å². The number of nitrogens with zero attached hydrogens (tertiary/aromatic N) is 4. The SMILES string of the molecule is CCOC(=O)N1CCC(N2CCC3(CC2)CN(C(=O)c2ccccn2)Cc2ccccc23)CC1. The second kappa shape index (κ2) is 9.74. The maximum atomic E-state index is 13.3. The molecule has 0 atom stereocenters. The molecule has 1 spiro atoms. The number of ether oxygens (including phenoxy) is 1. The van der Waals surface area contributed by atoms with Crippen LogP contribution in [-0.2, 0) is 16.7 Å². The number of carbonyl (C=O) groups is 2. The number of piperidine rings is 2. The topological polar surface area (TPSA) is 66.0 Å². The molecular formula is C27H34N4O3. The van der Waals surface area contributed by atoms with Crippen molar-refractivity contribution in [2.24, 2.45) is 0 Å². The maximum absolute atomic E-state index is 13.3. The Balaban J connectivity index is 1.28. The zero-order chi connectivity index (χ0) is 23.5. The van der Waals surface area contributed by atoms with E-state index in [0.717, 1.165) is 58.4 Å². The summed E-state index contributed by atoms with van der Waals surface area (Å²) in [4.78, 5) is 36.1. The zero-order valence-electron chi connectivity index (χ0n) is 20.0. The molecule has 0 N–H and O–H groups in total. The highest BCUT2D eigenvalue weighted by molar-refractivity contribution is 5.92. The Morgan fingerprint density at radius 1 is 1.00 bits per heavy atom.